The van der Waals surface area contributed by atoms with E-state index >= 15 is 0 Å². The lowest BCUT2D eigenvalue weighted by Gasteiger charge is -2.09. The van der Waals surface area contributed by atoms with E-state index in [4.69, 9.17) is 0 Å². The van der Waals surface area contributed by atoms with Crippen LogP contribution in [0.5, 0.6) is 0 Å². The molecular weight excluding hydrogens is 258 g/mol. The molecule has 0 fully saturated rings. The maximum absolute atomic E-state index is 11.7. The van der Waals surface area contributed by atoms with E-state index in [2.05, 4.69) is 29.4 Å². The van der Waals surface area contributed by atoms with Crippen molar-refractivity contribution in [3.8, 4) is 0 Å². The summed E-state index contributed by atoms with van der Waals surface area (Å²) < 4.78 is 0. The molecule has 1 atom stereocenters. The largest absolute Gasteiger partial charge is 0.301 e. The second-order valence-electron chi connectivity index (χ2n) is 5.34. The number of unbranched alkanes of at least 4 members (excludes halogenated alkanes) is 1. The molecule has 1 heterocycles. The summed E-state index contributed by atoms with van der Waals surface area (Å²) in [6.07, 6.45) is 5.18. The van der Waals surface area contributed by atoms with E-state index in [-0.39, 0.29) is 5.91 Å². The van der Waals surface area contributed by atoms with Crippen LogP contribution in [0, 0.1) is 5.92 Å². The molecule has 0 aliphatic carbocycles. The van der Waals surface area contributed by atoms with Gasteiger partial charge in [0.2, 0.25) is 11.0 Å². The number of nitrogens with zero attached hydrogens (tertiary/aromatic N) is 2. The van der Waals surface area contributed by atoms with Gasteiger partial charge >= 0.3 is 0 Å². The first-order valence-electron chi connectivity index (χ1n) is 7.20. The minimum atomic E-state index is 0.0271. The molecule has 0 saturated heterocycles. The Morgan fingerprint density at radius 2 is 2.05 bits per heavy atom. The lowest BCUT2D eigenvalue weighted by Crippen LogP contribution is -2.13. The van der Waals surface area contributed by atoms with Crippen LogP contribution in [0.15, 0.2) is 0 Å². The van der Waals surface area contributed by atoms with Crippen LogP contribution in [0.1, 0.15) is 70.7 Å². The molecule has 108 valence electrons. The predicted molar refractivity (Wildman–Crippen MR) is 80.6 cm³/mol. The van der Waals surface area contributed by atoms with Gasteiger partial charge in [-0.05, 0) is 18.8 Å². The predicted octanol–water partition coefficient (Wildman–Crippen LogP) is 4.21. The van der Waals surface area contributed by atoms with Crippen LogP contribution in [-0.4, -0.2) is 16.1 Å². The number of anilines is 1. The lowest BCUT2D eigenvalue weighted by molar-refractivity contribution is -0.116. The first kappa shape index (κ1) is 16.1. The van der Waals surface area contributed by atoms with E-state index in [0.717, 1.165) is 17.8 Å². The highest BCUT2D eigenvalue weighted by Crippen LogP contribution is 2.29. The van der Waals surface area contributed by atoms with Crippen LogP contribution in [0.2, 0.25) is 0 Å². The molecule has 1 amide bonds. The molecule has 1 rings (SSSR count). The zero-order valence-electron chi connectivity index (χ0n) is 12.4. The van der Waals surface area contributed by atoms with Gasteiger partial charge in [0.25, 0.3) is 0 Å². The van der Waals surface area contributed by atoms with Gasteiger partial charge in [0.15, 0.2) is 0 Å². The van der Waals surface area contributed by atoms with Crippen LogP contribution in [0.25, 0.3) is 0 Å². The highest BCUT2D eigenvalue weighted by molar-refractivity contribution is 7.15. The standard InChI is InChI=1S/C14H25N3OS/c1-5-7-8-11(6-2)13-16-17-14(19-13)15-12(18)9-10(3)4/h10-11H,5-9H2,1-4H3,(H,15,17,18). The van der Waals surface area contributed by atoms with Gasteiger partial charge < -0.3 is 5.32 Å². The fourth-order valence-electron chi connectivity index (χ4n) is 1.94. The van der Waals surface area contributed by atoms with Gasteiger partial charge in [-0.25, -0.2) is 0 Å². The molecule has 19 heavy (non-hydrogen) atoms. The average Bonchev–Trinajstić information content (AvgIpc) is 2.77. The summed E-state index contributed by atoms with van der Waals surface area (Å²) in [4.78, 5) is 11.7. The van der Waals surface area contributed by atoms with Crippen LogP contribution >= 0.6 is 11.3 Å². The van der Waals surface area contributed by atoms with Crippen LogP contribution in [0.3, 0.4) is 0 Å². The normalized spacial score (nSPS) is 12.7. The highest BCUT2D eigenvalue weighted by Gasteiger charge is 2.16. The molecule has 1 aromatic heterocycles. The zero-order chi connectivity index (χ0) is 14.3. The fourth-order valence-corrected chi connectivity index (χ4v) is 2.92. The van der Waals surface area contributed by atoms with Crippen molar-refractivity contribution in [2.24, 2.45) is 5.92 Å². The van der Waals surface area contributed by atoms with Crippen molar-refractivity contribution in [3.63, 3.8) is 0 Å². The smallest absolute Gasteiger partial charge is 0.226 e. The highest BCUT2D eigenvalue weighted by atomic mass is 32.1. The Bertz CT molecular complexity index is 390. The molecule has 0 bridgehead atoms. The summed E-state index contributed by atoms with van der Waals surface area (Å²) in [7, 11) is 0. The minimum absolute atomic E-state index is 0.0271. The molecule has 0 radical (unpaired) electrons. The van der Waals surface area contributed by atoms with Crippen molar-refractivity contribution < 1.29 is 4.79 Å². The van der Waals surface area contributed by atoms with Crippen molar-refractivity contribution in [1.82, 2.24) is 10.2 Å². The number of rotatable bonds is 8. The molecule has 0 aromatic carbocycles. The van der Waals surface area contributed by atoms with E-state index in [1.807, 2.05) is 13.8 Å². The van der Waals surface area contributed by atoms with E-state index < -0.39 is 0 Å². The summed E-state index contributed by atoms with van der Waals surface area (Å²) in [5.74, 6) is 0.868. The summed E-state index contributed by atoms with van der Waals surface area (Å²) >= 11 is 1.52. The Balaban J connectivity index is 2.57. The first-order valence-corrected chi connectivity index (χ1v) is 8.01. The monoisotopic (exact) mass is 283 g/mol. The third-order valence-corrected chi connectivity index (χ3v) is 4.03. The van der Waals surface area contributed by atoms with Crippen molar-refractivity contribution >= 4 is 22.4 Å². The summed E-state index contributed by atoms with van der Waals surface area (Å²) in [5.41, 5.74) is 0. The van der Waals surface area contributed by atoms with Crippen molar-refractivity contribution in [1.29, 1.82) is 0 Å². The number of nitrogens with one attached hydrogen (secondary N) is 1. The quantitative estimate of drug-likeness (QED) is 0.777. The van der Waals surface area contributed by atoms with Crippen LogP contribution < -0.4 is 5.32 Å². The molecule has 0 aliphatic rings. The Morgan fingerprint density at radius 3 is 2.63 bits per heavy atom. The van der Waals surface area contributed by atoms with Gasteiger partial charge in [0, 0.05) is 12.3 Å². The third kappa shape index (κ3) is 5.68. The van der Waals surface area contributed by atoms with E-state index in [0.29, 0.717) is 23.4 Å². The number of carbonyl (C=O) groups is 1. The Hall–Kier alpha value is -0.970. The summed E-state index contributed by atoms with van der Waals surface area (Å²) in [6, 6.07) is 0. The number of hydrogen-bond donors (Lipinski definition) is 1. The van der Waals surface area contributed by atoms with E-state index in [1.54, 1.807) is 0 Å². The average molecular weight is 283 g/mol. The van der Waals surface area contributed by atoms with E-state index in [1.165, 1.54) is 24.2 Å². The van der Waals surface area contributed by atoms with Gasteiger partial charge in [-0.1, -0.05) is 51.9 Å². The molecule has 5 heteroatoms. The van der Waals surface area contributed by atoms with Gasteiger partial charge in [0.05, 0.1) is 0 Å². The Labute approximate surface area is 120 Å². The van der Waals surface area contributed by atoms with Gasteiger partial charge in [-0.2, -0.15) is 0 Å². The number of hydrogen-bond acceptors (Lipinski definition) is 4. The molecule has 0 aliphatic heterocycles. The Morgan fingerprint density at radius 1 is 1.32 bits per heavy atom. The number of aromatic nitrogens is 2. The summed E-state index contributed by atoms with van der Waals surface area (Å²) in [5, 5.41) is 12.8. The molecule has 4 nitrogen and oxygen atoms in total. The summed E-state index contributed by atoms with van der Waals surface area (Å²) in [6.45, 7) is 8.44. The lowest BCUT2D eigenvalue weighted by atomic mass is 10.0. The minimum Gasteiger partial charge on any atom is -0.301 e. The SMILES string of the molecule is CCCCC(CC)c1nnc(NC(=O)CC(C)C)s1. The van der Waals surface area contributed by atoms with Gasteiger partial charge in [0.1, 0.15) is 5.01 Å². The second kappa shape index (κ2) is 8.25. The number of amides is 1. The maximum atomic E-state index is 11.7. The first-order chi connectivity index (χ1) is 9.06. The van der Waals surface area contributed by atoms with Gasteiger partial charge in [-0.3, -0.25) is 4.79 Å². The molecule has 0 spiro atoms. The van der Waals surface area contributed by atoms with Crippen LogP contribution in [0.4, 0.5) is 5.13 Å². The third-order valence-electron chi connectivity index (χ3n) is 3.03. The molecule has 1 unspecified atom stereocenters. The molecule has 0 saturated carbocycles. The number of carbonyl (C=O) groups excluding carboxylic acids is 1. The topological polar surface area (TPSA) is 54.9 Å². The van der Waals surface area contributed by atoms with Crippen molar-refractivity contribution in [2.75, 3.05) is 5.32 Å². The Kier molecular flexibility index (Phi) is 6.99. The maximum Gasteiger partial charge on any atom is 0.226 e. The second-order valence-corrected chi connectivity index (χ2v) is 6.35. The zero-order valence-corrected chi connectivity index (χ0v) is 13.2. The van der Waals surface area contributed by atoms with E-state index in [9.17, 15) is 4.79 Å². The molecular formula is C14H25N3OS. The van der Waals surface area contributed by atoms with Crippen LogP contribution in [-0.2, 0) is 4.79 Å². The van der Waals surface area contributed by atoms with Crippen molar-refractivity contribution in [2.45, 2.75) is 65.7 Å². The van der Waals surface area contributed by atoms with Gasteiger partial charge in [-0.15, -0.1) is 10.2 Å². The fraction of sp³-hybridized carbons (Fsp3) is 0.786. The van der Waals surface area contributed by atoms with Crippen molar-refractivity contribution in [3.05, 3.63) is 5.01 Å². The molecule has 1 aromatic rings. The molecule has 1 N–H and O–H groups in total.